The van der Waals surface area contributed by atoms with E-state index in [0.717, 1.165) is 11.4 Å². The summed E-state index contributed by atoms with van der Waals surface area (Å²) in [5, 5.41) is 14.0. The molecule has 2 aromatic carbocycles. The van der Waals surface area contributed by atoms with Gasteiger partial charge in [0.2, 0.25) is 0 Å². The van der Waals surface area contributed by atoms with Gasteiger partial charge in [-0.3, -0.25) is 4.79 Å². The van der Waals surface area contributed by atoms with Gasteiger partial charge in [0.25, 0.3) is 5.91 Å². The van der Waals surface area contributed by atoms with Crippen LogP contribution in [0.25, 0.3) is 0 Å². The summed E-state index contributed by atoms with van der Waals surface area (Å²) in [6, 6.07) is 16.3. The van der Waals surface area contributed by atoms with E-state index >= 15 is 0 Å². The number of nitrogens with zero attached hydrogens (tertiary/aromatic N) is 3. The van der Waals surface area contributed by atoms with Crippen LogP contribution < -0.4 is 25.0 Å². The molecule has 3 rings (SSSR count). The number of aromatic nitrogens is 2. The maximum absolute atomic E-state index is 12.5. The van der Waals surface area contributed by atoms with Crippen molar-refractivity contribution in [1.82, 2.24) is 10.2 Å². The van der Waals surface area contributed by atoms with Crippen molar-refractivity contribution in [2.24, 2.45) is 0 Å². The number of methoxy groups -OCH3 is 2. The summed E-state index contributed by atoms with van der Waals surface area (Å²) in [4.78, 5) is 14.5. The van der Waals surface area contributed by atoms with Crippen molar-refractivity contribution >= 4 is 28.8 Å². The minimum Gasteiger partial charge on any atom is -0.497 e. The van der Waals surface area contributed by atoms with E-state index in [1.54, 1.807) is 37.4 Å². The lowest BCUT2D eigenvalue weighted by atomic mass is 10.2. The van der Waals surface area contributed by atoms with Crippen LogP contribution in [0.4, 0.5) is 22.9 Å². The van der Waals surface area contributed by atoms with Crippen molar-refractivity contribution in [1.29, 1.82) is 0 Å². The first-order valence-electron chi connectivity index (χ1n) is 8.91. The molecule has 2 N–H and O–H groups in total. The van der Waals surface area contributed by atoms with Gasteiger partial charge >= 0.3 is 0 Å². The molecule has 0 aliphatic heterocycles. The van der Waals surface area contributed by atoms with Gasteiger partial charge in [0.15, 0.2) is 11.5 Å². The van der Waals surface area contributed by atoms with E-state index in [-0.39, 0.29) is 11.6 Å². The molecule has 0 aliphatic carbocycles. The number of rotatable bonds is 7. The first kappa shape index (κ1) is 19.9. The largest absolute Gasteiger partial charge is 0.497 e. The molecule has 0 unspecified atom stereocenters. The van der Waals surface area contributed by atoms with E-state index in [9.17, 15) is 4.79 Å². The molecule has 0 aliphatic rings. The lowest BCUT2D eigenvalue weighted by molar-refractivity contribution is 0.102. The van der Waals surface area contributed by atoms with E-state index in [2.05, 4.69) is 20.8 Å². The number of hydrogen-bond donors (Lipinski definition) is 2. The SMILES string of the molecule is COc1ccc(NC(=O)c2ccc(Nc3ccc(N(C)C)cc3)nn2)c(OC)c1. The van der Waals surface area contributed by atoms with Gasteiger partial charge in [0, 0.05) is 31.5 Å². The lowest BCUT2D eigenvalue weighted by Crippen LogP contribution is -2.15. The fourth-order valence-corrected chi connectivity index (χ4v) is 2.60. The second-order valence-corrected chi connectivity index (χ2v) is 6.39. The fourth-order valence-electron chi connectivity index (χ4n) is 2.60. The summed E-state index contributed by atoms with van der Waals surface area (Å²) >= 11 is 0. The Kier molecular flexibility index (Phi) is 6.13. The molecule has 150 valence electrons. The van der Waals surface area contributed by atoms with Gasteiger partial charge in [0.1, 0.15) is 11.5 Å². The molecule has 0 atom stereocenters. The number of ether oxygens (including phenoxy) is 2. The Balaban J connectivity index is 1.67. The van der Waals surface area contributed by atoms with Crippen LogP contribution in [-0.4, -0.2) is 44.4 Å². The molecule has 0 bridgehead atoms. The van der Waals surface area contributed by atoms with E-state index in [4.69, 9.17) is 9.47 Å². The number of nitrogens with one attached hydrogen (secondary N) is 2. The predicted molar refractivity (Wildman–Crippen MR) is 114 cm³/mol. The quantitative estimate of drug-likeness (QED) is 0.634. The first-order valence-corrected chi connectivity index (χ1v) is 8.91. The van der Waals surface area contributed by atoms with Crippen molar-refractivity contribution < 1.29 is 14.3 Å². The molecule has 0 saturated carbocycles. The molecule has 1 amide bonds. The summed E-state index contributed by atoms with van der Waals surface area (Å²) in [6.45, 7) is 0. The van der Waals surface area contributed by atoms with Crippen LogP contribution in [-0.2, 0) is 0 Å². The number of amides is 1. The topological polar surface area (TPSA) is 88.6 Å². The van der Waals surface area contributed by atoms with Crippen LogP contribution in [0.2, 0.25) is 0 Å². The summed E-state index contributed by atoms with van der Waals surface area (Å²) in [5.41, 5.74) is 2.69. The minimum atomic E-state index is -0.386. The summed E-state index contributed by atoms with van der Waals surface area (Å²) in [6.07, 6.45) is 0. The standard InChI is InChI=1S/C21H23N5O3/c1-26(2)15-7-5-14(6-8-15)22-20-12-11-18(24-25-20)21(27)23-17-10-9-16(28-3)13-19(17)29-4/h5-13H,1-4H3,(H,22,25)(H,23,27). The normalized spacial score (nSPS) is 10.2. The Morgan fingerprint density at radius 2 is 1.69 bits per heavy atom. The second-order valence-electron chi connectivity index (χ2n) is 6.39. The molecule has 0 spiro atoms. The second kappa shape index (κ2) is 8.92. The Hall–Kier alpha value is -3.81. The highest BCUT2D eigenvalue weighted by Crippen LogP contribution is 2.29. The molecular weight excluding hydrogens is 370 g/mol. The molecule has 8 heteroatoms. The van der Waals surface area contributed by atoms with Crippen LogP contribution in [0.5, 0.6) is 11.5 Å². The van der Waals surface area contributed by atoms with Gasteiger partial charge in [-0.15, -0.1) is 10.2 Å². The molecule has 1 heterocycles. The Morgan fingerprint density at radius 3 is 2.28 bits per heavy atom. The van der Waals surface area contributed by atoms with Crippen LogP contribution in [0.15, 0.2) is 54.6 Å². The summed E-state index contributed by atoms with van der Waals surface area (Å²) in [7, 11) is 7.06. The van der Waals surface area contributed by atoms with E-state index in [0.29, 0.717) is 23.0 Å². The van der Waals surface area contributed by atoms with Gasteiger partial charge in [-0.1, -0.05) is 0 Å². The number of carbonyl (C=O) groups excluding carboxylic acids is 1. The van der Waals surface area contributed by atoms with Crippen molar-refractivity contribution in [2.45, 2.75) is 0 Å². The zero-order valence-corrected chi connectivity index (χ0v) is 16.8. The molecule has 1 aromatic heterocycles. The highest BCUT2D eigenvalue weighted by molar-refractivity contribution is 6.03. The molecule has 29 heavy (non-hydrogen) atoms. The maximum atomic E-state index is 12.5. The fraction of sp³-hybridized carbons (Fsp3) is 0.190. The maximum Gasteiger partial charge on any atom is 0.276 e. The number of carbonyl (C=O) groups is 1. The van der Waals surface area contributed by atoms with E-state index in [1.807, 2.05) is 43.3 Å². The van der Waals surface area contributed by atoms with E-state index in [1.165, 1.54) is 7.11 Å². The average molecular weight is 393 g/mol. The molecule has 3 aromatic rings. The third-order valence-electron chi connectivity index (χ3n) is 4.21. The van der Waals surface area contributed by atoms with E-state index < -0.39 is 0 Å². The summed E-state index contributed by atoms with van der Waals surface area (Å²) < 4.78 is 10.4. The van der Waals surface area contributed by atoms with Crippen molar-refractivity contribution in [2.75, 3.05) is 43.8 Å². The zero-order chi connectivity index (χ0) is 20.8. The van der Waals surface area contributed by atoms with Crippen molar-refractivity contribution in [3.05, 3.63) is 60.3 Å². The third-order valence-corrected chi connectivity index (χ3v) is 4.21. The smallest absolute Gasteiger partial charge is 0.276 e. The molecular formula is C21H23N5O3. The Bertz CT molecular complexity index is 973. The Morgan fingerprint density at radius 1 is 0.931 bits per heavy atom. The van der Waals surface area contributed by atoms with Gasteiger partial charge in [-0.25, -0.2) is 0 Å². The van der Waals surface area contributed by atoms with Gasteiger partial charge < -0.3 is 25.0 Å². The number of anilines is 4. The zero-order valence-electron chi connectivity index (χ0n) is 16.8. The molecule has 8 nitrogen and oxygen atoms in total. The van der Waals surface area contributed by atoms with Gasteiger partial charge in [-0.2, -0.15) is 0 Å². The average Bonchev–Trinajstić information content (AvgIpc) is 2.74. The van der Waals surface area contributed by atoms with Crippen molar-refractivity contribution in [3.63, 3.8) is 0 Å². The molecule has 0 radical (unpaired) electrons. The highest BCUT2D eigenvalue weighted by atomic mass is 16.5. The minimum absolute atomic E-state index is 0.191. The summed E-state index contributed by atoms with van der Waals surface area (Å²) in [5.74, 6) is 1.28. The third kappa shape index (κ3) is 4.92. The highest BCUT2D eigenvalue weighted by Gasteiger charge is 2.13. The lowest BCUT2D eigenvalue weighted by Gasteiger charge is -2.13. The molecule has 0 saturated heterocycles. The first-order chi connectivity index (χ1) is 14.0. The van der Waals surface area contributed by atoms with Gasteiger partial charge in [0.05, 0.1) is 19.9 Å². The van der Waals surface area contributed by atoms with Crippen LogP contribution in [0.3, 0.4) is 0 Å². The monoisotopic (exact) mass is 393 g/mol. The number of benzene rings is 2. The van der Waals surface area contributed by atoms with Crippen LogP contribution >= 0.6 is 0 Å². The van der Waals surface area contributed by atoms with Crippen molar-refractivity contribution in [3.8, 4) is 11.5 Å². The van der Waals surface area contributed by atoms with Crippen LogP contribution in [0, 0.1) is 0 Å². The number of hydrogen-bond acceptors (Lipinski definition) is 7. The Labute approximate surface area is 169 Å². The van der Waals surface area contributed by atoms with Gasteiger partial charge in [-0.05, 0) is 48.5 Å². The predicted octanol–water partition coefficient (Wildman–Crippen LogP) is 3.56. The van der Waals surface area contributed by atoms with Crippen LogP contribution in [0.1, 0.15) is 10.5 Å². The molecule has 0 fully saturated rings.